The van der Waals surface area contributed by atoms with Crippen LogP contribution in [0.1, 0.15) is 11.3 Å². The average molecular weight is 376 g/mol. The minimum atomic E-state index is 0.118. The van der Waals surface area contributed by atoms with Crippen molar-refractivity contribution in [3.8, 4) is 0 Å². The van der Waals surface area contributed by atoms with Gasteiger partial charge in [0, 0.05) is 35.6 Å². The summed E-state index contributed by atoms with van der Waals surface area (Å²) in [5.74, 6) is 0.710. The Labute approximate surface area is 142 Å². The molecule has 0 saturated heterocycles. The molecular weight excluding hydrogens is 358 g/mol. The summed E-state index contributed by atoms with van der Waals surface area (Å²) in [6.45, 7) is 3.36. The van der Waals surface area contributed by atoms with Crippen LogP contribution in [0.3, 0.4) is 0 Å². The van der Waals surface area contributed by atoms with E-state index in [1.807, 2.05) is 41.9 Å². The molecule has 3 aromatic rings. The average Bonchev–Trinajstić information content (AvgIpc) is 2.96. The molecule has 1 aromatic carbocycles. The predicted octanol–water partition coefficient (Wildman–Crippen LogP) is 2.63. The highest BCUT2D eigenvalue weighted by Crippen LogP contribution is 2.27. The Morgan fingerprint density at radius 1 is 1.30 bits per heavy atom. The number of hydrogen-bond acceptors (Lipinski definition) is 5. The van der Waals surface area contributed by atoms with Gasteiger partial charge in [-0.1, -0.05) is 22.0 Å². The number of aromatic nitrogens is 3. The number of aliphatic hydroxyl groups is 1. The van der Waals surface area contributed by atoms with E-state index in [4.69, 9.17) is 5.11 Å². The normalized spacial score (nSPS) is 11.1. The first-order chi connectivity index (χ1) is 11.2. The zero-order valence-electron chi connectivity index (χ0n) is 12.8. The van der Waals surface area contributed by atoms with Crippen LogP contribution in [0.4, 0.5) is 11.5 Å². The lowest BCUT2D eigenvalue weighted by Crippen LogP contribution is -2.18. The van der Waals surface area contributed by atoms with Crippen molar-refractivity contribution in [3.63, 3.8) is 0 Å². The zero-order chi connectivity index (χ0) is 16.2. The molecule has 0 radical (unpaired) electrons. The Bertz CT molecular complexity index is 817. The van der Waals surface area contributed by atoms with Gasteiger partial charge in [0.2, 0.25) is 0 Å². The number of fused-ring (bicyclic) bond motifs is 1. The molecule has 2 aromatic heterocycles. The van der Waals surface area contributed by atoms with Crippen LogP contribution in [-0.4, -0.2) is 32.6 Å². The Balaban J connectivity index is 1.91. The summed E-state index contributed by atoms with van der Waals surface area (Å²) in [6, 6.07) is 6.00. The quantitative estimate of drug-likeness (QED) is 0.577. The smallest absolute Gasteiger partial charge is 0.180 e. The summed E-state index contributed by atoms with van der Waals surface area (Å²) >= 11 is 3.54. The van der Waals surface area contributed by atoms with Crippen LogP contribution in [0.5, 0.6) is 0 Å². The first-order valence-corrected chi connectivity index (χ1v) is 8.14. The summed E-state index contributed by atoms with van der Waals surface area (Å²) in [6.07, 6.45) is 5.46. The second-order valence-electron chi connectivity index (χ2n) is 5.16. The van der Waals surface area contributed by atoms with Crippen molar-refractivity contribution in [1.29, 1.82) is 0 Å². The highest BCUT2D eigenvalue weighted by atomic mass is 79.9. The molecule has 0 aliphatic carbocycles. The monoisotopic (exact) mass is 375 g/mol. The third-order valence-corrected chi connectivity index (χ3v) is 4.48. The van der Waals surface area contributed by atoms with Crippen LogP contribution in [0.15, 0.2) is 41.3 Å². The molecule has 0 bridgehead atoms. The minimum absolute atomic E-state index is 0.118. The van der Waals surface area contributed by atoms with Gasteiger partial charge in [-0.05, 0) is 24.6 Å². The fraction of sp³-hybridized carbons (Fsp3) is 0.250. The van der Waals surface area contributed by atoms with Gasteiger partial charge in [-0.15, -0.1) is 0 Å². The lowest BCUT2D eigenvalue weighted by atomic mass is 10.2. The highest BCUT2D eigenvalue weighted by molar-refractivity contribution is 9.10. The first kappa shape index (κ1) is 15.9. The van der Waals surface area contributed by atoms with E-state index in [0.29, 0.717) is 18.9 Å². The molecule has 0 spiro atoms. The van der Waals surface area contributed by atoms with Crippen molar-refractivity contribution in [2.24, 2.45) is 0 Å². The molecule has 0 fully saturated rings. The molecule has 0 unspecified atom stereocenters. The number of nitrogens with zero attached hydrogens (tertiary/aromatic N) is 3. The molecule has 23 heavy (non-hydrogen) atoms. The fourth-order valence-electron chi connectivity index (χ4n) is 2.35. The second kappa shape index (κ2) is 7.08. The zero-order valence-corrected chi connectivity index (χ0v) is 14.3. The molecule has 120 valence electrons. The van der Waals surface area contributed by atoms with E-state index in [2.05, 4.69) is 36.5 Å². The van der Waals surface area contributed by atoms with E-state index >= 15 is 0 Å². The third kappa shape index (κ3) is 3.36. The Kier molecular flexibility index (Phi) is 4.90. The van der Waals surface area contributed by atoms with Crippen molar-refractivity contribution in [1.82, 2.24) is 19.7 Å². The van der Waals surface area contributed by atoms with Gasteiger partial charge in [-0.3, -0.25) is 4.40 Å². The molecule has 0 atom stereocenters. The summed E-state index contributed by atoms with van der Waals surface area (Å²) in [5, 5.41) is 15.4. The van der Waals surface area contributed by atoms with Gasteiger partial charge < -0.3 is 15.7 Å². The van der Waals surface area contributed by atoms with Crippen LogP contribution < -0.4 is 10.6 Å². The van der Waals surface area contributed by atoms with Gasteiger partial charge in [-0.2, -0.15) is 0 Å². The van der Waals surface area contributed by atoms with Crippen molar-refractivity contribution in [2.75, 3.05) is 18.5 Å². The maximum atomic E-state index is 8.86. The molecular formula is C16H18BrN5O. The highest BCUT2D eigenvalue weighted by Gasteiger charge is 2.10. The number of nitrogens with one attached hydrogen (secondary N) is 2. The molecule has 3 N–H and O–H groups in total. The lowest BCUT2D eigenvalue weighted by Gasteiger charge is -2.11. The number of aliphatic hydroxyl groups excluding tert-OH is 1. The number of benzene rings is 1. The maximum absolute atomic E-state index is 8.86. The van der Waals surface area contributed by atoms with E-state index in [0.717, 1.165) is 27.1 Å². The lowest BCUT2D eigenvalue weighted by molar-refractivity contribution is 0.291. The van der Waals surface area contributed by atoms with Crippen LogP contribution in [0.25, 0.3) is 5.65 Å². The SMILES string of the molecule is Cc1c(Br)cccc1Nc1nccn2c(CNCCO)cnc12. The first-order valence-electron chi connectivity index (χ1n) is 7.35. The van der Waals surface area contributed by atoms with E-state index in [1.165, 1.54) is 0 Å². The molecule has 6 nitrogen and oxygen atoms in total. The van der Waals surface area contributed by atoms with Gasteiger partial charge in [0.25, 0.3) is 0 Å². The summed E-state index contributed by atoms with van der Waals surface area (Å²) < 4.78 is 3.04. The van der Waals surface area contributed by atoms with Gasteiger partial charge in [0.05, 0.1) is 18.5 Å². The molecule has 3 rings (SSSR count). The van der Waals surface area contributed by atoms with Crippen LogP contribution in [0.2, 0.25) is 0 Å². The van der Waals surface area contributed by atoms with Gasteiger partial charge in [0.1, 0.15) is 0 Å². The Morgan fingerprint density at radius 2 is 2.17 bits per heavy atom. The maximum Gasteiger partial charge on any atom is 0.180 e. The van der Waals surface area contributed by atoms with Crippen LogP contribution in [0, 0.1) is 6.92 Å². The summed E-state index contributed by atoms with van der Waals surface area (Å²) in [7, 11) is 0. The van der Waals surface area contributed by atoms with Crippen LogP contribution >= 0.6 is 15.9 Å². The number of hydrogen-bond donors (Lipinski definition) is 3. The van der Waals surface area contributed by atoms with Crippen molar-refractivity contribution < 1.29 is 5.11 Å². The van der Waals surface area contributed by atoms with Crippen molar-refractivity contribution in [3.05, 3.63) is 52.5 Å². The summed E-state index contributed by atoms with van der Waals surface area (Å²) in [5.41, 5.74) is 3.90. The topological polar surface area (TPSA) is 74.5 Å². The van der Waals surface area contributed by atoms with Crippen molar-refractivity contribution >= 4 is 33.1 Å². The number of anilines is 2. The Morgan fingerprint density at radius 3 is 3.00 bits per heavy atom. The van der Waals surface area contributed by atoms with E-state index < -0.39 is 0 Å². The summed E-state index contributed by atoms with van der Waals surface area (Å²) in [4.78, 5) is 8.88. The van der Waals surface area contributed by atoms with Crippen LogP contribution in [-0.2, 0) is 6.54 Å². The number of rotatable bonds is 6. The third-order valence-electron chi connectivity index (χ3n) is 3.62. The molecule has 0 amide bonds. The van der Waals surface area contributed by atoms with E-state index in [9.17, 15) is 0 Å². The van der Waals surface area contributed by atoms with Gasteiger partial charge >= 0.3 is 0 Å². The predicted molar refractivity (Wildman–Crippen MR) is 93.9 cm³/mol. The second-order valence-corrected chi connectivity index (χ2v) is 6.01. The van der Waals surface area contributed by atoms with Gasteiger partial charge in [0.15, 0.2) is 11.5 Å². The molecule has 0 aliphatic heterocycles. The van der Waals surface area contributed by atoms with Crippen molar-refractivity contribution in [2.45, 2.75) is 13.5 Å². The van der Waals surface area contributed by atoms with Gasteiger partial charge in [-0.25, -0.2) is 9.97 Å². The molecule has 0 saturated carbocycles. The van der Waals surface area contributed by atoms with E-state index in [1.54, 1.807) is 6.20 Å². The standard InChI is InChI=1S/C16H18BrN5O/c1-11-13(17)3-2-4-14(11)21-15-16-20-10-12(9-18-6-8-23)22(16)7-5-19-15/h2-5,7,10,18,23H,6,8-9H2,1H3,(H,19,21). The number of halogens is 1. The Hall–Kier alpha value is -1.96. The molecule has 2 heterocycles. The molecule has 7 heteroatoms. The number of imidazole rings is 1. The van der Waals surface area contributed by atoms with E-state index in [-0.39, 0.29) is 6.61 Å². The minimum Gasteiger partial charge on any atom is -0.395 e. The largest absolute Gasteiger partial charge is 0.395 e. The fourth-order valence-corrected chi connectivity index (χ4v) is 2.72. The molecule has 0 aliphatic rings.